The van der Waals surface area contributed by atoms with Gasteiger partial charge in [0.05, 0.1) is 12.5 Å². The van der Waals surface area contributed by atoms with E-state index in [2.05, 4.69) is 4.99 Å². The minimum absolute atomic E-state index is 0.0664. The van der Waals surface area contributed by atoms with Gasteiger partial charge in [-0.3, -0.25) is 9.69 Å². The van der Waals surface area contributed by atoms with Crippen molar-refractivity contribution in [1.29, 1.82) is 0 Å². The van der Waals surface area contributed by atoms with E-state index in [9.17, 15) is 4.79 Å². The Labute approximate surface area is 81.9 Å². The van der Waals surface area contributed by atoms with Crippen LogP contribution in [0.25, 0.3) is 0 Å². The van der Waals surface area contributed by atoms with Crippen molar-refractivity contribution in [3.05, 3.63) is 0 Å². The van der Waals surface area contributed by atoms with E-state index in [-0.39, 0.29) is 24.4 Å². The Morgan fingerprint density at radius 3 is 3.14 bits per heavy atom. The first kappa shape index (κ1) is 9.42. The molecule has 2 unspecified atom stereocenters. The first-order chi connectivity index (χ1) is 6.54. The summed E-state index contributed by atoms with van der Waals surface area (Å²) in [6.07, 6.45) is 0.608. The van der Waals surface area contributed by atoms with Gasteiger partial charge in [0.2, 0.25) is 5.91 Å². The van der Waals surface area contributed by atoms with Crippen molar-refractivity contribution < 1.29 is 9.53 Å². The van der Waals surface area contributed by atoms with Crippen LogP contribution in [0.1, 0.15) is 6.42 Å². The number of fused-ring (bicyclic) bond motifs is 1. The highest BCUT2D eigenvalue weighted by Gasteiger charge is 2.47. The lowest BCUT2D eigenvalue weighted by Gasteiger charge is -2.42. The highest BCUT2D eigenvalue weighted by molar-refractivity contribution is 5.99. The molecule has 0 radical (unpaired) electrons. The Balaban J connectivity index is 2.38. The zero-order chi connectivity index (χ0) is 10.3. The molecule has 78 valence electrons. The third-order valence-corrected chi connectivity index (χ3v) is 2.78. The number of aliphatic imine (C=N–C) groups is 1. The number of hydrogen-bond acceptors (Lipinski definition) is 5. The quantitative estimate of drug-likeness (QED) is 0.493. The number of ether oxygens (including phenoxy) is 1. The largest absolute Gasteiger partial charge is 0.377 e. The highest BCUT2D eigenvalue weighted by atomic mass is 16.5. The van der Waals surface area contributed by atoms with Crippen LogP contribution < -0.4 is 11.5 Å². The number of carbonyl (C=O) groups is 1. The van der Waals surface area contributed by atoms with Gasteiger partial charge >= 0.3 is 0 Å². The minimum atomic E-state index is -0.952. The van der Waals surface area contributed by atoms with Gasteiger partial charge in [-0.15, -0.1) is 0 Å². The molecule has 0 aromatic rings. The van der Waals surface area contributed by atoms with Gasteiger partial charge in [0, 0.05) is 13.7 Å². The fourth-order valence-corrected chi connectivity index (χ4v) is 1.87. The number of nitrogens with zero attached hydrogens (tertiary/aromatic N) is 2. The molecule has 2 aliphatic rings. The van der Waals surface area contributed by atoms with E-state index in [1.54, 1.807) is 7.05 Å². The van der Waals surface area contributed by atoms with Crippen LogP contribution in [-0.4, -0.2) is 42.7 Å². The van der Waals surface area contributed by atoms with E-state index in [1.807, 2.05) is 0 Å². The van der Waals surface area contributed by atoms with Crippen molar-refractivity contribution in [2.45, 2.75) is 12.1 Å². The Morgan fingerprint density at radius 2 is 2.43 bits per heavy atom. The van der Waals surface area contributed by atoms with E-state index < -0.39 is 5.66 Å². The maximum atomic E-state index is 11.8. The zero-order valence-electron chi connectivity index (χ0n) is 8.06. The number of rotatable bonds is 0. The summed E-state index contributed by atoms with van der Waals surface area (Å²) in [4.78, 5) is 17.3. The molecule has 2 rings (SSSR count). The van der Waals surface area contributed by atoms with Crippen molar-refractivity contribution in [2.75, 3.05) is 20.3 Å². The van der Waals surface area contributed by atoms with Crippen LogP contribution in [-0.2, 0) is 9.53 Å². The molecule has 6 heteroatoms. The Morgan fingerprint density at radius 1 is 1.71 bits per heavy atom. The second-order valence-corrected chi connectivity index (χ2v) is 3.75. The van der Waals surface area contributed by atoms with Crippen LogP contribution in [0, 0.1) is 5.92 Å². The molecule has 4 N–H and O–H groups in total. The van der Waals surface area contributed by atoms with Crippen molar-refractivity contribution in [2.24, 2.45) is 22.4 Å². The van der Waals surface area contributed by atoms with E-state index in [4.69, 9.17) is 16.2 Å². The summed E-state index contributed by atoms with van der Waals surface area (Å²) >= 11 is 0. The van der Waals surface area contributed by atoms with E-state index in [1.165, 1.54) is 4.90 Å². The summed E-state index contributed by atoms with van der Waals surface area (Å²) in [5.41, 5.74) is 10.6. The molecule has 0 spiro atoms. The lowest BCUT2D eigenvalue weighted by atomic mass is 9.87. The summed E-state index contributed by atoms with van der Waals surface area (Å²) in [7, 11) is 1.61. The van der Waals surface area contributed by atoms with E-state index in [0.29, 0.717) is 13.0 Å². The third kappa shape index (κ3) is 1.18. The fraction of sp³-hybridized carbons (Fsp3) is 0.750. The first-order valence-corrected chi connectivity index (χ1v) is 4.54. The standard InChI is InChI=1S/C8H14N4O2/c1-12-6(13)5-2-3-14-4-8(5,10)11-7(12)9/h5H,2-4,10H2,1H3,(H2,9,11). The van der Waals surface area contributed by atoms with Crippen LogP contribution in [0.5, 0.6) is 0 Å². The molecule has 0 bridgehead atoms. The summed E-state index contributed by atoms with van der Waals surface area (Å²) in [6, 6.07) is 0. The number of amides is 1. The van der Waals surface area contributed by atoms with E-state index in [0.717, 1.165) is 0 Å². The van der Waals surface area contributed by atoms with Gasteiger partial charge in [-0.2, -0.15) is 0 Å². The molecule has 1 amide bonds. The number of guanidine groups is 1. The Bertz CT molecular complexity index is 304. The summed E-state index contributed by atoms with van der Waals surface area (Å²) in [5, 5.41) is 0. The molecule has 2 heterocycles. The molecule has 14 heavy (non-hydrogen) atoms. The van der Waals surface area contributed by atoms with Gasteiger partial charge in [-0.25, -0.2) is 4.99 Å². The highest BCUT2D eigenvalue weighted by Crippen LogP contribution is 2.29. The van der Waals surface area contributed by atoms with Gasteiger partial charge in [0.1, 0.15) is 5.66 Å². The number of nitrogens with two attached hydrogens (primary N) is 2. The van der Waals surface area contributed by atoms with Gasteiger partial charge in [-0.05, 0) is 6.42 Å². The molecule has 2 atom stereocenters. The van der Waals surface area contributed by atoms with Crippen LogP contribution in [0.15, 0.2) is 4.99 Å². The summed E-state index contributed by atoms with van der Waals surface area (Å²) < 4.78 is 5.22. The van der Waals surface area contributed by atoms with Gasteiger partial charge in [0.25, 0.3) is 0 Å². The number of carbonyl (C=O) groups excluding carboxylic acids is 1. The summed E-state index contributed by atoms with van der Waals surface area (Å²) in [6.45, 7) is 0.816. The van der Waals surface area contributed by atoms with Gasteiger partial charge < -0.3 is 16.2 Å². The monoisotopic (exact) mass is 198 g/mol. The molecule has 0 aliphatic carbocycles. The topological polar surface area (TPSA) is 93.9 Å². The molecule has 0 aromatic carbocycles. The van der Waals surface area contributed by atoms with Gasteiger partial charge in [0.15, 0.2) is 5.96 Å². The van der Waals surface area contributed by atoms with Crippen LogP contribution in [0.4, 0.5) is 0 Å². The molecule has 1 fully saturated rings. The van der Waals surface area contributed by atoms with Crippen molar-refractivity contribution in [3.63, 3.8) is 0 Å². The predicted octanol–water partition coefficient (Wildman–Crippen LogP) is -1.54. The molecule has 1 saturated heterocycles. The third-order valence-electron chi connectivity index (χ3n) is 2.78. The molecular weight excluding hydrogens is 184 g/mol. The van der Waals surface area contributed by atoms with Crippen molar-refractivity contribution in [1.82, 2.24) is 4.90 Å². The van der Waals surface area contributed by atoms with Crippen LogP contribution >= 0.6 is 0 Å². The maximum Gasteiger partial charge on any atom is 0.236 e. The predicted molar refractivity (Wildman–Crippen MR) is 50.2 cm³/mol. The second kappa shape index (κ2) is 2.93. The smallest absolute Gasteiger partial charge is 0.236 e. The molecule has 2 aliphatic heterocycles. The van der Waals surface area contributed by atoms with Crippen LogP contribution in [0.2, 0.25) is 0 Å². The maximum absolute atomic E-state index is 11.8. The normalized spacial score (nSPS) is 37.9. The summed E-state index contributed by atoms with van der Waals surface area (Å²) in [5.74, 6) is -0.198. The fourth-order valence-electron chi connectivity index (χ4n) is 1.87. The molecule has 0 saturated carbocycles. The first-order valence-electron chi connectivity index (χ1n) is 4.54. The lowest BCUT2D eigenvalue weighted by molar-refractivity contribution is -0.139. The second-order valence-electron chi connectivity index (χ2n) is 3.75. The van der Waals surface area contributed by atoms with Crippen molar-refractivity contribution >= 4 is 11.9 Å². The molecular formula is C8H14N4O2. The Kier molecular flexibility index (Phi) is 1.97. The SMILES string of the molecule is CN1C(=O)C2CCOCC2(N)N=C1N. The van der Waals surface area contributed by atoms with E-state index >= 15 is 0 Å². The zero-order valence-corrected chi connectivity index (χ0v) is 8.06. The number of hydrogen-bond donors (Lipinski definition) is 2. The van der Waals surface area contributed by atoms with Crippen molar-refractivity contribution in [3.8, 4) is 0 Å². The minimum Gasteiger partial charge on any atom is -0.377 e. The molecule has 6 nitrogen and oxygen atoms in total. The van der Waals surface area contributed by atoms with Gasteiger partial charge in [-0.1, -0.05) is 0 Å². The lowest BCUT2D eigenvalue weighted by Crippen LogP contribution is -2.64. The average Bonchev–Trinajstić information content (AvgIpc) is 2.14. The molecule has 0 aromatic heterocycles. The van der Waals surface area contributed by atoms with Crippen LogP contribution in [0.3, 0.4) is 0 Å². The average molecular weight is 198 g/mol. The Hall–Kier alpha value is -1.14.